The van der Waals surface area contributed by atoms with Crippen molar-refractivity contribution in [1.82, 2.24) is 15.3 Å². The summed E-state index contributed by atoms with van der Waals surface area (Å²) in [7, 11) is 1.37. The van der Waals surface area contributed by atoms with E-state index in [1.807, 2.05) is 0 Å². The third-order valence-electron chi connectivity index (χ3n) is 2.06. The number of carboxylic acids is 1. The standard InChI is InChI=1S/C10H12ClN3O4/c1-18-6(2-9(15)16)3-13-10(17)7-4-12-5-8(11)14-7/h4-6H,2-3H2,1H3,(H,13,17)(H,15,16). The van der Waals surface area contributed by atoms with E-state index < -0.39 is 18.0 Å². The smallest absolute Gasteiger partial charge is 0.306 e. The Hall–Kier alpha value is -1.73. The van der Waals surface area contributed by atoms with Crippen LogP contribution in [0.3, 0.4) is 0 Å². The van der Waals surface area contributed by atoms with Gasteiger partial charge in [-0.2, -0.15) is 0 Å². The molecule has 0 aliphatic heterocycles. The summed E-state index contributed by atoms with van der Waals surface area (Å²) in [6.07, 6.45) is 1.78. The Labute approximate surface area is 108 Å². The normalized spacial score (nSPS) is 11.9. The zero-order valence-corrected chi connectivity index (χ0v) is 10.3. The summed E-state index contributed by atoms with van der Waals surface area (Å²) < 4.78 is 4.91. The quantitative estimate of drug-likeness (QED) is 0.775. The van der Waals surface area contributed by atoms with Crippen molar-refractivity contribution in [2.75, 3.05) is 13.7 Å². The van der Waals surface area contributed by atoms with Gasteiger partial charge in [0, 0.05) is 13.7 Å². The summed E-state index contributed by atoms with van der Waals surface area (Å²) in [5.74, 6) is -1.49. The van der Waals surface area contributed by atoms with Crippen LogP contribution in [0.25, 0.3) is 0 Å². The van der Waals surface area contributed by atoms with Crippen LogP contribution >= 0.6 is 11.6 Å². The van der Waals surface area contributed by atoms with E-state index in [2.05, 4.69) is 15.3 Å². The Balaban J connectivity index is 2.52. The highest BCUT2D eigenvalue weighted by molar-refractivity contribution is 6.29. The van der Waals surface area contributed by atoms with Crippen molar-refractivity contribution in [2.45, 2.75) is 12.5 Å². The number of halogens is 1. The monoisotopic (exact) mass is 273 g/mol. The highest BCUT2D eigenvalue weighted by atomic mass is 35.5. The topological polar surface area (TPSA) is 101 Å². The van der Waals surface area contributed by atoms with E-state index in [1.54, 1.807) is 0 Å². The van der Waals surface area contributed by atoms with Crippen molar-refractivity contribution in [1.29, 1.82) is 0 Å². The number of hydrogen-bond acceptors (Lipinski definition) is 5. The minimum absolute atomic E-state index is 0.0627. The number of methoxy groups -OCH3 is 1. The lowest BCUT2D eigenvalue weighted by atomic mass is 10.2. The molecular weight excluding hydrogens is 262 g/mol. The molecule has 8 heteroatoms. The lowest BCUT2D eigenvalue weighted by Crippen LogP contribution is -2.34. The maximum absolute atomic E-state index is 11.6. The van der Waals surface area contributed by atoms with Crippen LogP contribution in [-0.4, -0.2) is 46.7 Å². The number of carbonyl (C=O) groups is 2. The number of aliphatic carboxylic acids is 1. The van der Waals surface area contributed by atoms with E-state index in [-0.39, 0.29) is 23.8 Å². The van der Waals surface area contributed by atoms with Gasteiger partial charge >= 0.3 is 5.97 Å². The molecule has 0 radical (unpaired) electrons. The van der Waals surface area contributed by atoms with Gasteiger partial charge in [-0.15, -0.1) is 0 Å². The van der Waals surface area contributed by atoms with Crippen LogP contribution in [0.15, 0.2) is 12.4 Å². The first-order chi connectivity index (χ1) is 8.52. The molecule has 18 heavy (non-hydrogen) atoms. The van der Waals surface area contributed by atoms with Crippen LogP contribution in [0.5, 0.6) is 0 Å². The number of nitrogens with zero attached hydrogens (tertiary/aromatic N) is 2. The molecule has 0 aliphatic carbocycles. The van der Waals surface area contributed by atoms with E-state index in [0.717, 1.165) is 0 Å². The fourth-order valence-electron chi connectivity index (χ4n) is 1.18. The Morgan fingerprint density at radius 1 is 1.56 bits per heavy atom. The number of aromatic nitrogens is 2. The van der Waals surface area contributed by atoms with Crippen molar-refractivity contribution in [3.05, 3.63) is 23.2 Å². The maximum Gasteiger partial charge on any atom is 0.306 e. The molecular formula is C10H12ClN3O4. The lowest BCUT2D eigenvalue weighted by Gasteiger charge is -2.13. The largest absolute Gasteiger partial charge is 0.481 e. The highest BCUT2D eigenvalue weighted by Crippen LogP contribution is 2.02. The number of nitrogens with one attached hydrogen (secondary N) is 1. The van der Waals surface area contributed by atoms with Gasteiger partial charge in [0.15, 0.2) is 0 Å². The summed E-state index contributed by atoms with van der Waals surface area (Å²) in [5.41, 5.74) is 0.0627. The summed E-state index contributed by atoms with van der Waals surface area (Å²) >= 11 is 5.59. The van der Waals surface area contributed by atoms with Crippen LogP contribution < -0.4 is 5.32 Å². The fraction of sp³-hybridized carbons (Fsp3) is 0.400. The van der Waals surface area contributed by atoms with Gasteiger partial charge in [0.1, 0.15) is 10.8 Å². The second kappa shape index (κ2) is 6.87. The predicted molar refractivity (Wildman–Crippen MR) is 62.4 cm³/mol. The van der Waals surface area contributed by atoms with Gasteiger partial charge in [-0.05, 0) is 0 Å². The van der Waals surface area contributed by atoms with E-state index in [4.69, 9.17) is 21.4 Å². The van der Waals surface area contributed by atoms with Crippen LogP contribution in [0.4, 0.5) is 0 Å². The van der Waals surface area contributed by atoms with E-state index in [0.29, 0.717) is 0 Å². The average molecular weight is 274 g/mol. The van der Waals surface area contributed by atoms with Gasteiger partial charge in [-0.3, -0.25) is 14.6 Å². The molecule has 2 N–H and O–H groups in total. The number of hydrogen-bond donors (Lipinski definition) is 2. The summed E-state index contributed by atoms with van der Waals surface area (Å²) in [4.78, 5) is 29.6. The third kappa shape index (κ3) is 4.64. The molecule has 98 valence electrons. The molecule has 0 saturated carbocycles. The van der Waals surface area contributed by atoms with Crippen molar-refractivity contribution >= 4 is 23.5 Å². The number of ether oxygens (including phenoxy) is 1. The maximum atomic E-state index is 11.6. The Morgan fingerprint density at radius 2 is 2.28 bits per heavy atom. The van der Waals surface area contributed by atoms with Crippen molar-refractivity contribution in [3.8, 4) is 0 Å². The number of amides is 1. The number of rotatable bonds is 6. The molecule has 0 spiro atoms. The summed E-state index contributed by atoms with van der Waals surface area (Å²) in [6.45, 7) is 0.0653. The molecule has 1 amide bonds. The van der Waals surface area contributed by atoms with Crippen LogP contribution in [0.1, 0.15) is 16.9 Å². The van der Waals surface area contributed by atoms with Gasteiger partial charge in [-0.25, -0.2) is 4.98 Å². The van der Waals surface area contributed by atoms with Crippen LogP contribution in [0.2, 0.25) is 5.15 Å². The molecule has 1 aromatic rings. The minimum atomic E-state index is -1.00. The molecule has 0 fully saturated rings. The van der Waals surface area contributed by atoms with Gasteiger partial charge in [0.25, 0.3) is 5.91 Å². The second-order valence-corrected chi connectivity index (χ2v) is 3.78. The zero-order valence-electron chi connectivity index (χ0n) is 9.59. The van der Waals surface area contributed by atoms with Gasteiger partial charge < -0.3 is 15.2 Å². The first-order valence-electron chi connectivity index (χ1n) is 5.03. The third-order valence-corrected chi connectivity index (χ3v) is 2.25. The van der Waals surface area contributed by atoms with Crippen LogP contribution in [-0.2, 0) is 9.53 Å². The van der Waals surface area contributed by atoms with E-state index >= 15 is 0 Å². The molecule has 1 unspecified atom stereocenters. The number of carboxylic acid groups (broad SMARTS) is 1. The first kappa shape index (κ1) is 14.3. The number of carbonyl (C=O) groups excluding carboxylic acids is 1. The zero-order chi connectivity index (χ0) is 13.5. The second-order valence-electron chi connectivity index (χ2n) is 3.39. The fourth-order valence-corrected chi connectivity index (χ4v) is 1.33. The Kier molecular flexibility index (Phi) is 5.47. The van der Waals surface area contributed by atoms with Crippen molar-refractivity contribution in [2.24, 2.45) is 0 Å². The molecule has 0 aliphatic rings. The first-order valence-corrected chi connectivity index (χ1v) is 5.41. The molecule has 1 rings (SSSR count). The highest BCUT2D eigenvalue weighted by Gasteiger charge is 2.15. The summed E-state index contributed by atoms with van der Waals surface area (Å²) in [5, 5.41) is 11.2. The van der Waals surface area contributed by atoms with Crippen molar-refractivity contribution in [3.63, 3.8) is 0 Å². The average Bonchev–Trinajstić information content (AvgIpc) is 2.33. The molecule has 0 saturated heterocycles. The van der Waals surface area contributed by atoms with Gasteiger partial charge in [-0.1, -0.05) is 11.6 Å². The molecule has 1 atom stereocenters. The van der Waals surface area contributed by atoms with Crippen LogP contribution in [0, 0.1) is 0 Å². The Bertz CT molecular complexity index is 441. The minimum Gasteiger partial charge on any atom is -0.481 e. The summed E-state index contributed by atoms with van der Waals surface area (Å²) in [6, 6.07) is 0. The van der Waals surface area contributed by atoms with E-state index in [9.17, 15) is 9.59 Å². The van der Waals surface area contributed by atoms with Gasteiger partial charge in [0.2, 0.25) is 0 Å². The Morgan fingerprint density at radius 3 is 2.83 bits per heavy atom. The predicted octanol–water partition coefficient (Wildman–Crippen LogP) is 0.349. The van der Waals surface area contributed by atoms with E-state index in [1.165, 1.54) is 19.5 Å². The van der Waals surface area contributed by atoms with Gasteiger partial charge in [0.05, 0.1) is 24.9 Å². The molecule has 0 aromatic carbocycles. The molecule has 0 bridgehead atoms. The lowest BCUT2D eigenvalue weighted by molar-refractivity contribution is -0.139. The molecule has 7 nitrogen and oxygen atoms in total. The SMILES string of the molecule is COC(CNC(=O)c1cncc(Cl)n1)CC(=O)O. The molecule has 1 aromatic heterocycles. The molecule has 1 heterocycles. The van der Waals surface area contributed by atoms with Crippen molar-refractivity contribution < 1.29 is 19.4 Å².